The summed E-state index contributed by atoms with van der Waals surface area (Å²) in [5.41, 5.74) is -0.338. The van der Waals surface area contributed by atoms with Gasteiger partial charge in [0, 0.05) is 5.75 Å². The summed E-state index contributed by atoms with van der Waals surface area (Å²) in [5, 5.41) is 28.3. The molecule has 0 saturated heterocycles. The Balaban J connectivity index is 2.82. The van der Waals surface area contributed by atoms with Crippen molar-refractivity contribution in [3.63, 3.8) is 0 Å². The minimum Gasteiger partial charge on any atom is -0.394 e. The molecule has 1 aromatic carbocycles. The van der Waals surface area contributed by atoms with Gasteiger partial charge in [-0.15, -0.1) is 11.8 Å². The van der Waals surface area contributed by atoms with Crippen molar-refractivity contribution in [2.75, 3.05) is 12.4 Å². The van der Waals surface area contributed by atoms with Crippen LogP contribution in [0.4, 0.5) is 10.1 Å². The predicted octanol–water partition coefficient (Wildman–Crippen LogP) is 1.18. The zero-order valence-corrected chi connectivity index (χ0v) is 8.98. The van der Waals surface area contributed by atoms with Gasteiger partial charge in [-0.2, -0.15) is 0 Å². The fourth-order valence-electron chi connectivity index (χ4n) is 0.994. The Hall–Kier alpha value is -1.18. The Labute approximate surface area is 95.1 Å². The summed E-state index contributed by atoms with van der Waals surface area (Å²) in [4.78, 5) is 10.2. The molecule has 0 heterocycles. The Morgan fingerprint density at radius 3 is 2.81 bits per heavy atom. The van der Waals surface area contributed by atoms with E-state index in [1.165, 1.54) is 6.07 Å². The maximum Gasteiger partial charge on any atom is 0.285 e. The molecule has 1 atom stereocenters. The molecule has 2 N–H and O–H groups in total. The van der Waals surface area contributed by atoms with Gasteiger partial charge < -0.3 is 10.2 Å². The molecular formula is C9H10FNO4S. The van der Waals surface area contributed by atoms with Crippen molar-refractivity contribution in [1.82, 2.24) is 0 Å². The highest BCUT2D eigenvalue weighted by molar-refractivity contribution is 7.99. The van der Waals surface area contributed by atoms with E-state index in [0.29, 0.717) is 0 Å². The van der Waals surface area contributed by atoms with E-state index in [9.17, 15) is 14.5 Å². The summed E-state index contributed by atoms with van der Waals surface area (Å²) >= 11 is 0.998. The maximum absolute atomic E-state index is 12.8. The van der Waals surface area contributed by atoms with E-state index < -0.39 is 23.5 Å². The zero-order chi connectivity index (χ0) is 12.1. The van der Waals surface area contributed by atoms with E-state index in [0.717, 1.165) is 23.9 Å². The minimum atomic E-state index is -0.949. The molecule has 5 nitrogen and oxygen atoms in total. The number of benzene rings is 1. The first-order valence-corrected chi connectivity index (χ1v) is 5.39. The maximum atomic E-state index is 12.8. The van der Waals surface area contributed by atoms with Crippen LogP contribution in [0.15, 0.2) is 23.1 Å². The molecule has 0 saturated carbocycles. The van der Waals surface area contributed by atoms with Crippen LogP contribution in [0.2, 0.25) is 0 Å². The highest BCUT2D eigenvalue weighted by Gasteiger charge is 2.16. The van der Waals surface area contributed by atoms with Gasteiger partial charge in [0.25, 0.3) is 5.69 Å². The van der Waals surface area contributed by atoms with Gasteiger partial charge in [0.1, 0.15) is 5.82 Å². The van der Waals surface area contributed by atoms with Gasteiger partial charge in [-0.25, -0.2) is 4.39 Å². The van der Waals surface area contributed by atoms with Crippen molar-refractivity contribution in [1.29, 1.82) is 0 Å². The quantitative estimate of drug-likeness (QED) is 0.463. The molecule has 0 bridgehead atoms. The van der Waals surface area contributed by atoms with Crippen LogP contribution < -0.4 is 0 Å². The SMILES string of the molecule is O=[N+]([O-])c1cc(F)ccc1SC[C@H](O)CO. The predicted molar refractivity (Wildman–Crippen MR) is 56.9 cm³/mol. The molecule has 0 unspecified atom stereocenters. The first-order valence-electron chi connectivity index (χ1n) is 4.40. The van der Waals surface area contributed by atoms with Gasteiger partial charge in [0.15, 0.2) is 0 Å². The molecule has 0 aliphatic rings. The van der Waals surface area contributed by atoms with Gasteiger partial charge in [0.05, 0.1) is 28.6 Å². The lowest BCUT2D eigenvalue weighted by Crippen LogP contribution is -2.14. The number of aliphatic hydroxyl groups is 2. The van der Waals surface area contributed by atoms with Crippen LogP contribution in [0, 0.1) is 15.9 Å². The molecule has 0 fully saturated rings. The number of nitro groups is 1. The van der Waals surface area contributed by atoms with E-state index in [4.69, 9.17) is 10.2 Å². The Bertz CT molecular complexity index is 388. The second kappa shape index (κ2) is 5.78. The summed E-state index contributed by atoms with van der Waals surface area (Å²) < 4.78 is 12.8. The Morgan fingerprint density at radius 2 is 2.25 bits per heavy atom. The number of nitro benzene ring substituents is 1. The standard InChI is InChI=1S/C9H10FNO4S/c10-6-1-2-9(8(3-6)11(14)15)16-5-7(13)4-12/h1-3,7,12-13H,4-5H2/t7-/m1/s1. The molecule has 7 heteroatoms. The van der Waals surface area contributed by atoms with Crippen LogP contribution in [-0.2, 0) is 0 Å². The largest absolute Gasteiger partial charge is 0.394 e. The third-order valence-electron chi connectivity index (χ3n) is 1.76. The fraction of sp³-hybridized carbons (Fsp3) is 0.333. The summed E-state index contributed by atoms with van der Waals surface area (Å²) in [5.74, 6) is -0.568. The number of aliphatic hydroxyl groups excluding tert-OH is 2. The lowest BCUT2D eigenvalue weighted by molar-refractivity contribution is -0.387. The third-order valence-corrected chi connectivity index (χ3v) is 2.97. The van der Waals surface area contributed by atoms with Crippen LogP contribution in [-0.4, -0.2) is 33.6 Å². The average molecular weight is 247 g/mol. The number of halogens is 1. The van der Waals surface area contributed by atoms with E-state index in [1.807, 2.05) is 0 Å². The van der Waals surface area contributed by atoms with Crippen molar-refractivity contribution >= 4 is 17.4 Å². The lowest BCUT2D eigenvalue weighted by Gasteiger charge is -2.06. The first kappa shape index (κ1) is 12.9. The summed E-state index contributed by atoms with van der Waals surface area (Å²) in [7, 11) is 0. The molecule has 0 aliphatic carbocycles. The summed E-state index contributed by atoms with van der Waals surface area (Å²) in [6.45, 7) is -0.415. The molecule has 88 valence electrons. The van der Waals surface area contributed by atoms with Crippen LogP contribution in [0.25, 0.3) is 0 Å². The van der Waals surface area contributed by atoms with E-state index in [-0.39, 0.29) is 16.3 Å². The molecule has 0 aromatic heterocycles. The number of nitrogens with zero attached hydrogens (tertiary/aromatic N) is 1. The molecular weight excluding hydrogens is 237 g/mol. The van der Waals surface area contributed by atoms with Crippen molar-refractivity contribution in [2.24, 2.45) is 0 Å². The monoisotopic (exact) mass is 247 g/mol. The molecule has 0 aliphatic heterocycles. The second-order valence-corrected chi connectivity index (χ2v) is 4.08. The van der Waals surface area contributed by atoms with Crippen LogP contribution in [0.1, 0.15) is 0 Å². The summed E-state index contributed by atoms with van der Waals surface area (Å²) in [6, 6.07) is 3.22. The summed E-state index contributed by atoms with van der Waals surface area (Å²) in [6.07, 6.45) is -0.949. The second-order valence-electron chi connectivity index (χ2n) is 3.02. The van der Waals surface area contributed by atoms with Gasteiger partial charge in [-0.05, 0) is 12.1 Å². The molecule has 0 amide bonds. The molecule has 1 aromatic rings. The average Bonchev–Trinajstić information content (AvgIpc) is 2.26. The molecule has 16 heavy (non-hydrogen) atoms. The van der Waals surface area contributed by atoms with Crippen molar-refractivity contribution in [3.05, 3.63) is 34.1 Å². The Kier molecular flexibility index (Phi) is 4.66. The van der Waals surface area contributed by atoms with Crippen LogP contribution in [0.5, 0.6) is 0 Å². The number of thioether (sulfide) groups is 1. The van der Waals surface area contributed by atoms with Gasteiger partial charge in [-0.1, -0.05) is 0 Å². The fourth-order valence-corrected chi connectivity index (χ4v) is 1.92. The van der Waals surface area contributed by atoms with E-state index in [2.05, 4.69) is 0 Å². The van der Waals surface area contributed by atoms with Crippen molar-refractivity contribution in [3.8, 4) is 0 Å². The topological polar surface area (TPSA) is 83.6 Å². The minimum absolute atomic E-state index is 0.114. The van der Waals surface area contributed by atoms with Gasteiger partial charge >= 0.3 is 0 Å². The smallest absolute Gasteiger partial charge is 0.285 e. The number of rotatable bonds is 5. The van der Waals surface area contributed by atoms with Crippen LogP contribution >= 0.6 is 11.8 Å². The third kappa shape index (κ3) is 3.44. The van der Waals surface area contributed by atoms with Crippen molar-refractivity contribution in [2.45, 2.75) is 11.0 Å². The van der Waals surface area contributed by atoms with E-state index >= 15 is 0 Å². The van der Waals surface area contributed by atoms with Gasteiger partial charge in [0.2, 0.25) is 0 Å². The zero-order valence-electron chi connectivity index (χ0n) is 8.17. The Morgan fingerprint density at radius 1 is 1.56 bits per heavy atom. The molecule has 0 spiro atoms. The number of hydrogen-bond donors (Lipinski definition) is 2. The highest BCUT2D eigenvalue weighted by Crippen LogP contribution is 2.29. The van der Waals surface area contributed by atoms with Crippen molar-refractivity contribution < 1.29 is 19.5 Å². The van der Waals surface area contributed by atoms with E-state index in [1.54, 1.807) is 0 Å². The number of hydrogen-bond acceptors (Lipinski definition) is 5. The lowest BCUT2D eigenvalue weighted by atomic mass is 10.3. The first-order chi connectivity index (χ1) is 7.54. The van der Waals surface area contributed by atoms with Gasteiger partial charge in [-0.3, -0.25) is 10.1 Å². The highest BCUT2D eigenvalue weighted by atomic mass is 32.2. The van der Waals surface area contributed by atoms with Crippen LogP contribution in [0.3, 0.4) is 0 Å². The molecule has 0 radical (unpaired) electrons. The molecule has 1 rings (SSSR count). The normalized spacial score (nSPS) is 12.4.